The van der Waals surface area contributed by atoms with E-state index in [-0.39, 0.29) is 25.8 Å². The normalized spacial score (nSPS) is 11.5. The summed E-state index contributed by atoms with van der Waals surface area (Å²) >= 11 is 5.74. The molecule has 26 heavy (non-hydrogen) atoms. The summed E-state index contributed by atoms with van der Waals surface area (Å²) in [6, 6.07) is 1.51. The van der Waals surface area contributed by atoms with Gasteiger partial charge < -0.3 is 5.11 Å². The molecule has 0 saturated heterocycles. The number of aliphatic carboxylic acids is 1. The van der Waals surface area contributed by atoms with Crippen molar-refractivity contribution in [2.24, 2.45) is 7.05 Å². The summed E-state index contributed by atoms with van der Waals surface area (Å²) in [7, 11) is 0.756. The van der Waals surface area contributed by atoms with Gasteiger partial charge in [0.2, 0.25) is 0 Å². The van der Waals surface area contributed by atoms with Crippen LogP contribution in [0.2, 0.25) is 5.02 Å². The first-order valence-electron chi connectivity index (χ1n) is 6.68. The van der Waals surface area contributed by atoms with Gasteiger partial charge >= 0.3 is 17.8 Å². The van der Waals surface area contributed by atoms with E-state index < -0.39 is 46.2 Å². The van der Waals surface area contributed by atoms with E-state index in [0.29, 0.717) is 6.07 Å². The van der Waals surface area contributed by atoms with Crippen molar-refractivity contribution in [1.29, 1.82) is 0 Å². The molecule has 11 heteroatoms. The summed E-state index contributed by atoms with van der Waals surface area (Å²) in [4.78, 5) is 35.2. The first-order valence-corrected chi connectivity index (χ1v) is 7.06. The van der Waals surface area contributed by atoms with Crippen molar-refractivity contribution >= 4 is 23.1 Å². The summed E-state index contributed by atoms with van der Waals surface area (Å²) in [5.41, 5.74) is -6.07. The van der Waals surface area contributed by atoms with Crippen LogP contribution in [0.3, 0.4) is 0 Å². The van der Waals surface area contributed by atoms with Crippen LogP contribution in [0.4, 0.5) is 17.6 Å². The molecule has 0 aliphatic carbocycles. The van der Waals surface area contributed by atoms with E-state index in [1.54, 1.807) is 0 Å². The van der Waals surface area contributed by atoms with Gasteiger partial charge in [0, 0.05) is 18.7 Å². The highest BCUT2D eigenvalue weighted by Gasteiger charge is 2.35. The van der Waals surface area contributed by atoms with Gasteiger partial charge in [-0.25, -0.2) is 18.5 Å². The Balaban J connectivity index is 2.86. The number of aromatic nitrogens is 2. The number of carboxylic acid groups (broad SMARTS) is 1. The van der Waals surface area contributed by atoms with Crippen molar-refractivity contribution in [3.8, 4) is 5.69 Å². The molecule has 0 bridgehead atoms. The lowest BCUT2D eigenvalue weighted by molar-refractivity contribution is -0.144. The Labute approximate surface area is 147 Å². The molecule has 0 amide bonds. The molecule has 1 aromatic heterocycles. The monoisotopic (exact) mass is 392 g/mol. The lowest BCUT2D eigenvalue weighted by Gasteiger charge is -2.15. The van der Waals surface area contributed by atoms with Gasteiger partial charge in [0.05, 0.1) is 16.3 Å². The van der Waals surface area contributed by atoms with Gasteiger partial charge in [0.25, 0.3) is 5.56 Å². The highest BCUT2D eigenvalue weighted by Crippen LogP contribution is 2.29. The molecular weight excluding hydrogens is 384 g/mol. The SMILES string of the molecule is C=C(C(=O)O)c1cc(-n2c(=O)cc(C(F)(F)F)n(C)c2=O)c(F)cc1Cl. The lowest BCUT2D eigenvalue weighted by atomic mass is 10.1. The van der Waals surface area contributed by atoms with Gasteiger partial charge in [-0.15, -0.1) is 0 Å². The summed E-state index contributed by atoms with van der Waals surface area (Å²) < 4.78 is 53.1. The Kier molecular flexibility index (Phi) is 4.82. The largest absolute Gasteiger partial charge is 0.478 e. The number of carbonyl (C=O) groups is 1. The maximum atomic E-state index is 14.2. The fourth-order valence-electron chi connectivity index (χ4n) is 2.17. The molecule has 0 atom stereocenters. The standard InChI is InChI=1S/C15H9ClF4N2O4/c1-6(13(24)25)7-3-10(9(17)4-8(7)16)22-12(23)5-11(15(18,19)20)21(2)14(22)26/h3-5H,1H2,2H3,(H,24,25). The van der Waals surface area contributed by atoms with Crippen molar-refractivity contribution in [2.45, 2.75) is 6.18 Å². The van der Waals surface area contributed by atoms with E-state index in [1.807, 2.05) is 0 Å². The number of rotatable bonds is 3. The molecule has 0 saturated carbocycles. The van der Waals surface area contributed by atoms with Crippen LogP contribution in [0.25, 0.3) is 11.3 Å². The third-order valence-corrected chi connectivity index (χ3v) is 3.78. The fraction of sp³-hybridized carbons (Fsp3) is 0.133. The van der Waals surface area contributed by atoms with Gasteiger partial charge in [-0.2, -0.15) is 13.2 Å². The molecule has 1 heterocycles. The van der Waals surface area contributed by atoms with E-state index >= 15 is 0 Å². The van der Waals surface area contributed by atoms with Crippen molar-refractivity contribution in [3.63, 3.8) is 0 Å². The second-order valence-electron chi connectivity index (χ2n) is 5.11. The zero-order valence-corrected chi connectivity index (χ0v) is 13.7. The van der Waals surface area contributed by atoms with Crippen molar-refractivity contribution < 1.29 is 27.5 Å². The van der Waals surface area contributed by atoms with Crippen molar-refractivity contribution in [3.05, 3.63) is 67.7 Å². The quantitative estimate of drug-likeness (QED) is 0.642. The van der Waals surface area contributed by atoms with Crippen LogP contribution in [-0.2, 0) is 18.0 Å². The Morgan fingerprint density at radius 1 is 1.23 bits per heavy atom. The number of carboxylic acids is 1. The Morgan fingerprint density at radius 2 is 1.81 bits per heavy atom. The molecule has 0 radical (unpaired) electrons. The van der Waals surface area contributed by atoms with Gasteiger partial charge in [0.15, 0.2) is 0 Å². The molecule has 2 aromatic rings. The van der Waals surface area contributed by atoms with E-state index in [0.717, 1.165) is 13.1 Å². The average molecular weight is 393 g/mol. The molecule has 2 rings (SSSR count). The molecule has 1 N–H and O–H groups in total. The maximum absolute atomic E-state index is 14.2. The summed E-state index contributed by atoms with van der Waals surface area (Å²) in [6.07, 6.45) is -4.98. The topological polar surface area (TPSA) is 81.3 Å². The number of hydrogen-bond acceptors (Lipinski definition) is 3. The number of benzene rings is 1. The zero-order valence-electron chi connectivity index (χ0n) is 12.9. The van der Waals surface area contributed by atoms with Crippen LogP contribution in [0, 0.1) is 5.82 Å². The highest BCUT2D eigenvalue weighted by molar-refractivity contribution is 6.34. The summed E-state index contributed by atoms with van der Waals surface area (Å²) in [5.74, 6) is -2.71. The van der Waals surface area contributed by atoms with Gasteiger partial charge in [0.1, 0.15) is 11.5 Å². The molecule has 0 aliphatic rings. The van der Waals surface area contributed by atoms with Crippen LogP contribution in [0.15, 0.2) is 34.4 Å². The second kappa shape index (κ2) is 6.45. The van der Waals surface area contributed by atoms with Gasteiger partial charge in [-0.1, -0.05) is 18.2 Å². The molecule has 0 spiro atoms. The average Bonchev–Trinajstić information content (AvgIpc) is 2.51. The lowest BCUT2D eigenvalue weighted by Crippen LogP contribution is -2.41. The highest BCUT2D eigenvalue weighted by atomic mass is 35.5. The predicted octanol–water partition coefficient (Wildman–Crippen LogP) is 2.45. The fourth-order valence-corrected chi connectivity index (χ4v) is 2.44. The minimum absolute atomic E-state index is 0.126. The minimum Gasteiger partial charge on any atom is -0.478 e. The molecule has 0 fully saturated rings. The molecule has 0 unspecified atom stereocenters. The van der Waals surface area contributed by atoms with E-state index in [4.69, 9.17) is 16.7 Å². The van der Waals surface area contributed by atoms with Gasteiger partial charge in [-0.05, 0) is 12.1 Å². The van der Waals surface area contributed by atoms with Gasteiger partial charge in [-0.3, -0.25) is 9.36 Å². The van der Waals surface area contributed by atoms with E-state index in [1.165, 1.54) is 0 Å². The van der Waals surface area contributed by atoms with Crippen molar-refractivity contribution in [2.75, 3.05) is 0 Å². The van der Waals surface area contributed by atoms with Crippen LogP contribution >= 0.6 is 11.6 Å². The van der Waals surface area contributed by atoms with Crippen LogP contribution in [0.5, 0.6) is 0 Å². The van der Waals surface area contributed by atoms with Crippen LogP contribution in [0.1, 0.15) is 11.3 Å². The smallest absolute Gasteiger partial charge is 0.431 e. The molecule has 6 nitrogen and oxygen atoms in total. The van der Waals surface area contributed by atoms with E-state index in [2.05, 4.69) is 6.58 Å². The first-order chi connectivity index (χ1) is 11.9. The third-order valence-electron chi connectivity index (χ3n) is 3.47. The molecule has 138 valence electrons. The minimum atomic E-state index is -4.98. The number of halogens is 5. The summed E-state index contributed by atoms with van der Waals surface area (Å²) in [5, 5.41) is 8.59. The third kappa shape index (κ3) is 3.27. The second-order valence-corrected chi connectivity index (χ2v) is 5.52. The zero-order chi connectivity index (χ0) is 20.0. The molecular formula is C15H9ClF4N2O4. The van der Waals surface area contributed by atoms with E-state index in [9.17, 15) is 31.9 Å². The maximum Gasteiger partial charge on any atom is 0.431 e. The molecule has 1 aromatic carbocycles. The Hall–Kier alpha value is -2.88. The Bertz CT molecular complexity index is 1050. The summed E-state index contributed by atoms with van der Waals surface area (Å²) in [6.45, 7) is 3.23. The first kappa shape index (κ1) is 19.4. The Morgan fingerprint density at radius 3 is 2.31 bits per heavy atom. The van der Waals surface area contributed by atoms with Crippen LogP contribution in [-0.4, -0.2) is 20.2 Å². The van der Waals surface area contributed by atoms with Crippen LogP contribution < -0.4 is 11.2 Å². The number of nitrogens with zero attached hydrogens (tertiary/aromatic N) is 2. The number of hydrogen-bond donors (Lipinski definition) is 1. The number of alkyl halides is 3. The van der Waals surface area contributed by atoms with Crippen molar-refractivity contribution in [1.82, 2.24) is 9.13 Å². The molecule has 0 aliphatic heterocycles. The predicted molar refractivity (Wildman–Crippen MR) is 83.9 cm³/mol.